The minimum atomic E-state index is -0.847. The zero-order valence-electron chi connectivity index (χ0n) is 11.9. The van der Waals surface area contributed by atoms with Gasteiger partial charge in [-0.1, -0.05) is 0 Å². The van der Waals surface area contributed by atoms with Gasteiger partial charge in [0.2, 0.25) is 5.91 Å². The van der Waals surface area contributed by atoms with E-state index in [9.17, 15) is 14.4 Å². The van der Waals surface area contributed by atoms with E-state index in [1.165, 1.54) is 16.2 Å². The summed E-state index contributed by atoms with van der Waals surface area (Å²) in [4.78, 5) is 34.6. The number of primary amides is 1. The Morgan fingerprint density at radius 1 is 1.43 bits per heavy atom. The summed E-state index contributed by atoms with van der Waals surface area (Å²) < 4.78 is 7.90. The highest BCUT2D eigenvalue weighted by Gasteiger charge is 2.23. The largest absolute Gasteiger partial charge is 0.497 e. The molecule has 0 spiro atoms. The molecular weight excluding hydrogens is 274 g/mol. The molecule has 0 fully saturated rings. The second kappa shape index (κ2) is 5.82. The van der Waals surface area contributed by atoms with Gasteiger partial charge in [0, 0.05) is 19.5 Å². The minimum Gasteiger partial charge on any atom is -0.497 e. The van der Waals surface area contributed by atoms with Gasteiger partial charge in [-0.2, -0.15) is 0 Å². The maximum Gasteiger partial charge on any atom is 0.329 e. The van der Waals surface area contributed by atoms with Crippen LogP contribution in [-0.4, -0.2) is 28.4 Å². The van der Waals surface area contributed by atoms with Crippen molar-refractivity contribution in [3.05, 3.63) is 28.7 Å². The molecule has 2 N–H and O–H groups in total. The van der Waals surface area contributed by atoms with Crippen molar-refractivity contribution in [2.24, 2.45) is 12.8 Å². The fraction of sp³-hybridized carbons (Fsp3) is 0.357. The first-order valence-corrected chi connectivity index (χ1v) is 6.49. The number of hydrogen-bond acceptors (Lipinski definition) is 4. The predicted molar refractivity (Wildman–Crippen MR) is 77.3 cm³/mol. The Bertz CT molecular complexity index is 744. The lowest BCUT2D eigenvalue weighted by molar-refractivity contribution is -0.121. The molecule has 0 saturated carbocycles. The Hall–Kier alpha value is -2.57. The van der Waals surface area contributed by atoms with Crippen LogP contribution in [0.3, 0.4) is 0 Å². The molecule has 7 nitrogen and oxygen atoms in total. The number of hydrogen-bond donors (Lipinski definition) is 1. The van der Waals surface area contributed by atoms with Crippen molar-refractivity contribution in [1.82, 2.24) is 9.13 Å². The van der Waals surface area contributed by atoms with Crippen LogP contribution in [0.1, 0.15) is 18.9 Å². The highest BCUT2D eigenvalue weighted by Crippen LogP contribution is 2.23. The summed E-state index contributed by atoms with van der Waals surface area (Å²) in [5, 5.41) is 0. The number of carbonyl (C=O) groups is 2. The fourth-order valence-corrected chi connectivity index (χ4v) is 2.40. The summed E-state index contributed by atoms with van der Waals surface area (Å²) in [6, 6.07) is 4.27. The lowest BCUT2D eigenvalue weighted by atomic mass is 10.1. The number of amides is 1. The van der Waals surface area contributed by atoms with Gasteiger partial charge in [-0.05, 0) is 18.6 Å². The topological polar surface area (TPSA) is 96.3 Å². The predicted octanol–water partition coefficient (Wildman–Crippen LogP) is 0.354. The number of aryl methyl sites for hydroxylation is 1. The zero-order valence-corrected chi connectivity index (χ0v) is 11.9. The summed E-state index contributed by atoms with van der Waals surface area (Å²) in [5.41, 5.74) is 6.25. The van der Waals surface area contributed by atoms with Crippen molar-refractivity contribution in [3.63, 3.8) is 0 Å². The molecule has 2 rings (SSSR count). The van der Waals surface area contributed by atoms with Gasteiger partial charge in [0.05, 0.1) is 18.1 Å². The lowest BCUT2D eigenvalue weighted by Gasteiger charge is -2.13. The van der Waals surface area contributed by atoms with Gasteiger partial charge >= 0.3 is 5.69 Å². The molecule has 0 aliphatic carbocycles. The van der Waals surface area contributed by atoms with Crippen LogP contribution < -0.4 is 16.2 Å². The molecule has 1 aromatic carbocycles. The number of nitrogens with zero attached hydrogens (tertiary/aromatic N) is 2. The maximum absolute atomic E-state index is 12.4. The van der Waals surface area contributed by atoms with E-state index in [4.69, 9.17) is 10.5 Å². The van der Waals surface area contributed by atoms with Gasteiger partial charge in [-0.15, -0.1) is 0 Å². The normalized spacial score (nSPS) is 12.3. The number of carbonyl (C=O) groups excluding carboxylic acids is 2. The van der Waals surface area contributed by atoms with Crippen molar-refractivity contribution in [1.29, 1.82) is 0 Å². The summed E-state index contributed by atoms with van der Waals surface area (Å²) in [7, 11) is 3.14. The molecule has 0 saturated heterocycles. The lowest BCUT2D eigenvalue weighted by Crippen LogP contribution is -2.34. The van der Waals surface area contributed by atoms with E-state index in [1.807, 2.05) is 0 Å². The van der Waals surface area contributed by atoms with Crippen LogP contribution in [0.25, 0.3) is 11.0 Å². The number of ether oxygens (including phenoxy) is 1. The third-order valence-electron chi connectivity index (χ3n) is 3.49. The van der Waals surface area contributed by atoms with E-state index in [0.717, 1.165) is 0 Å². The summed E-state index contributed by atoms with van der Waals surface area (Å²) >= 11 is 0. The standard InChI is InChI=1S/C14H17N3O4/c1-16-12-8-9(21-2)5-6-10(12)17(14(16)20)11(13(15)19)4-3-7-18/h5-8,11H,3-4H2,1-2H3,(H2,15,19). The van der Waals surface area contributed by atoms with Crippen LogP contribution in [0.5, 0.6) is 5.75 Å². The van der Waals surface area contributed by atoms with Crippen LogP contribution in [-0.2, 0) is 16.6 Å². The highest BCUT2D eigenvalue weighted by molar-refractivity contribution is 5.83. The van der Waals surface area contributed by atoms with Crippen LogP contribution in [0.2, 0.25) is 0 Å². The van der Waals surface area contributed by atoms with Crippen molar-refractivity contribution < 1.29 is 14.3 Å². The monoisotopic (exact) mass is 291 g/mol. The third kappa shape index (κ3) is 2.54. The van der Waals surface area contributed by atoms with E-state index < -0.39 is 11.9 Å². The molecule has 1 amide bonds. The average molecular weight is 291 g/mol. The van der Waals surface area contributed by atoms with Gasteiger partial charge < -0.3 is 15.3 Å². The highest BCUT2D eigenvalue weighted by atomic mass is 16.5. The molecule has 0 bridgehead atoms. The van der Waals surface area contributed by atoms with E-state index in [2.05, 4.69) is 0 Å². The number of methoxy groups -OCH3 is 1. The van der Waals surface area contributed by atoms with Gasteiger partial charge in [0.15, 0.2) is 0 Å². The number of nitrogens with two attached hydrogens (primary N) is 1. The Morgan fingerprint density at radius 3 is 2.71 bits per heavy atom. The first-order chi connectivity index (χ1) is 10.0. The Kier molecular flexibility index (Phi) is 4.11. The SMILES string of the molecule is COc1ccc2c(c1)n(C)c(=O)n2C(CCC=O)C(N)=O. The molecule has 0 aliphatic heterocycles. The molecule has 0 radical (unpaired) electrons. The molecule has 1 aromatic heterocycles. The van der Waals surface area contributed by atoms with Gasteiger partial charge in [-0.25, -0.2) is 4.79 Å². The second-order valence-corrected chi connectivity index (χ2v) is 4.73. The molecule has 1 atom stereocenters. The Morgan fingerprint density at radius 2 is 2.14 bits per heavy atom. The van der Waals surface area contributed by atoms with E-state index in [1.54, 1.807) is 25.2 Å². The van der Waals surface area contributed by atoms with E-state index in [0.29, 0.717) is 23.1 Å². The van der Waals surface area contributed by atoms with Crippen molar-refractivity contribution >= 4 is 23.2 Å². The van der Waals surface area contributed by atoms with Crippen molar-refractivity contribution in [2.75, 3.05) is 7.11 Å². The molecular formula is C14H17N3O4. The number of aromatic nitrogens is 2. The molecule has 7 heteroatoms. The van der Waals surface area contributed by atoms with Gasteiger partial charge in [0.25, 0.3) is 0 Å². The summed E-state index contributed by atoms with van der Waals surface area (Å²) in [6.07, 6.45) is 1.06. The van der Waals surface area contributed by atoms with Crippen molar-refractivity contribution in [3.8, 4) is 5.75 Å². The summed E-state index contributed by atoms with van der Waals surface area (Å²) in [5.74, 6) is -0.0268. The fourth-order valence-electron chi connectivity index (χ4n) is 2.40. The Balaban J connectivity index is 2.67. The first kappa shape index (κ1) is 14.8. The number of rotatable bonds is 6. The number of benzene rings is 1. The van der Waals surface area contributed by atoms with E-state index >= 15 is 0 Å². The zero-order chi connectivity index (χ0) is 15.6. The molecule has 2 aromatic rings. The number of fused-ring (bicyclic) bond motifs is 1. The van der Waals surface area contributed by atoms with Crippen LogP contribution in [0, 0.1) is 0 Å². The van der Waals surface area contributed by atoms with E-state index in [-0.39, 0.29) is 18.5 Å². The number of aldehydes is 1. The molecule has 1 unspecified atom stereocenters. The summed E-state index contributed by atoms with van der Waals surface area (Å²) in [6.45, 7) is 0. The molecule has 0 aliphatic rings. The van der Waals surface area contributed by atoms with Crippen LogP contribution in [0.15, 0.2) is 23.0 Å². The Labute approximate surface area is 120 Å². The van der Waals surface area contributed by atoms with Gasteiger partial charge in [-0.3, -0.25) is 13.9 Å². The number of imidazole rings is 1. The smallest absolute Gasteiger partial charge is 0.329 e. The molecule has 112 valence electrons. The molecule has 1 heterocycles. The van der Waals surface area contributed by atoms with Crippen LogP contribution >= 0.6 is 0 Å². The second-order valence-electron chi connectivity index (χ2n) is 4.73. The maximum atomic E-state index is 12.4. The van der Waals surface area contributed by atoms with Crippen molar-refractivity contribution in [2.45, 2.75) is 18.9 Å². The molecule has 21 heavy (non-hydrogen) atoms. The average Bonchev–Trinajstić information content (AvgIpc) is 2.72. The first-order valence-electron chi connectivity index (χ1n) is 6.49. The third-order valence-corrected chi connectivity index (χ3v) is 3.49. The minimum absolute atomic E-state index is 0.159. The quantitative estimate of drug-likeness (QED) is 0.777. The van der Waals surface area contributed by atoms with Crippen LogP contribution in [0.4, 0.5) is 0 Å². The van der Waals surface area contributed by atoms with Gasteiger partial charge in [0.1, 0.15) is 18.1 Å².